The highest BCUT2D eigenvalue weighted by Crippen LogP contribution is 2.28. The van der Waals surface area contributed by atoms with Crippen LogP contribution in [0.1, 0.15) is 10.4 Å². The maximum atomic E-state index is 12.2. The van der Waals surface area contributed by atoms with E-state index in [4.69, 9.17) is 17.3 Å². The van der Waals surface area contributed by atoms with Crippen LogP contribution in [-0.4, -0.2) is 16.9 Å². The molecule has 3 aromatic rings. The fourth-order valence-corrected chi connectivity index (χ4v) is 3.11. The van der Waals surface area contributed by atoms with Gasteiger partial charge >= 0.3 is 6.03 Å². The van der Waals surface area contributed by atoms with E-state index in [-0.39, 0.29) is 5.91 Å². The number of fused-ring (bicyclic) bond motifs is 1. The summed E-state index contributed by atoms with van der Waals surface area (Å²) in [5, 5.41) is 6.28. The highest BCUT2D eigenvalue weighted by molar-refractivity contribution is 7.22. The van der Waals surface area contributed by atoms with Crippen LogP contribution in [0.5, 0.6) is 0 Å². The number of carbonyl (C=O) groups excluding carboxylic acids is 2. The molecule has 1 heterocycles. The maximum Gasteiger partial charge on any atom is 0.316 e. The van der Waals surface area contributed by atoms with E-state index in [0.29, 0.717) is 21.4 Å². The molecule has 23 heavy (non-hydrogen) atoms. The molecule has 0 atom stereocenters. The van der Waals surface area contributed by atoms with Crippen molar-refractivity contribution in [3.05, 3.63) is 53.1 Å². The predicted octanol–water partition coefficient (Wildman–Crippen LogP) is 3.69. The van der Waals surface area contributed by atoms with E-state index in [0.717, 1.165) is 10.2 Å². The van der Waals surface area contributed by atoms with E-state index < -0.39 is 6.03 Å². The van der Waals surface area contributed by atoms with Crippen molar-refractivity contribution < 1.29 is 9.59 Å². The van der Waals surface area contributed by atoms with E-state index >= 15 is 0 Å². The molecule has 0 fully saturated rings. The van der Waals surface area contributed by atoms with Gasteiger partial charge in [0.2, 0.25) is 0 Å². The number of halogens is 1. The number of aromatic nitrogens is 1. The molecule has 0 bridgehead atoms. The first-order valence-corrected chi connectivity index (χ1v) is 7.75. The van der Waals surface area contributed by atoms with Gasteiger partial charge in [-0.2, -0.15) is 0 Å². The number of rotatable bonds is 3. The Kier molecular flexibility index (Phi) is 4.14. The number of nitrogens with one attached hydrogen (secondary N) is 2. The quantitative estimate of drug-likeness (QED) is 0.674. The Labute approximate surface area is 140 Å². The summed E-state index contributed by atoms with van der Waals surface area (Å²) in [5.74, 6) is -0.291. The van der Waals surface area contributed by atoms with Gasteiger partial charge in [-0.05, 0) is 42.5 Å². The molecule has 3 rings (SSSR count). The molecule has 3 amide bonds. The van der Waals surface area contributed by atoms with Crippen molar-refractivity contribution in [2.75, 3.05) is 10.6 Å². The van der Waals surface area contributed by atoms with Gasteiger partial charge in [-0.1, -0.05) is 22.9 Å². The second kappa shape index (κ2) is 6.23. The molecule has 0 aliphatic heterocycles. The maximum absolute atomic E-state index is 12.2. The molecule has 1 aromatic heterocycles. The lowest BCUT2D eigenvalue weighted by atomic mass is 10.2. The fraction of sp³-hybridized carbons (Fsp3) is 0. The second-order valence-corrected chi connectivity index (χ2v) is 6.12. The Morgan fingerprint density at radius 1 is 1.09 bits per heavy atom. The number of hydrogen-bond donors (Lipinski definition) is 3. The normalized spacial score (nSPS) is 10.5. The van der Waals surface area contributed by atoms with Gasteiger partial charge in [0.1, 0.15) is 0 Å². The number of benzene rings is 2. The third-order valence-corrected chi connectivity index (χ3v) is 4.15. The number of urea groups is 1. The Morgan fingerprint density at radius 3 is 2.52 bits per heavy atom. The van der Waals surface area contributed by atoms with Crippen molar-refractivity contribution in [2.45, 2.75) is 0 Å². The molecule has 0 unspecified atom stereocenters. The summed E-state index contributed by atoms with van der Waals surface area (Å²) in [6.07, 6.45) is 0. The van der Waals surface area contributed by atoms with E-state index in [1.165, 1.54) is 11.3 Å². The van der Waals surface area contributed by atoms with Crippen LogP contribution in [0.4, 0.5) is 15.6 Å². The first kappa shape index (κ1) is 15.3. The SMILES string of the molecule is NC(=O)Nc1ccc(C(=O)Nc2nc3ccc(Cl)cc3s2)cc1. The predicted molar refractivity (Wildman–Crippen MR) is 92.2 cm³/mol. The van der Waals surface area contributed by atoms with Gasteiger partial charge in [0.15, 0.2) is 5.13 Å². The van der Waals surface area contributed by atoms with Gasteiger partial charge in [-0.15, -0.1) is 0 Å². The lowest BCUT2D eigenvalue weighted by molar-refractivity contribution is 0.102. The van der Waals surface area contributed by atoms with Gasteiger partial charge in [0.05, 0.1) is 10.2 Å². The molecule has 0 spiro atoms. The summed E-state index contributed by atoms with van der Waals surface area (Å²) in [4.78, 5) is 27.3. The minimum Gasteiger partial charge on any atom is -0.351 e. The highest BCUT2D eigenvalue weighted by Gasteiger charge is 2.10. The Bertz CT molecular complexity index is 892. The van der Waals surface area contributed by atoms with Gasteiger partial charge in [-0.25, -0.2) is 9.78 Å². The Hall–Kier alpha value is -2.64. The molecule has 116 valence electrons. The van der Waals surface area contributed by atoms with Crippen LogP contribution in [0, 0.1) is 0 Å². The minimum absolute atomic E-state index is 0.291. The smallest absolute Gasteiger partial charge is 0.316 e. The van der Waals surface area contributed by atoms with Gasteiger partial charge < -0.3 is 11.1 Å². The van der Waals surface area contributed by atoms with Gasteiger partial charge in [-0.3, -0.25) is 10.1 Å². The molecule has 8 heteroatoms. The van der Waals surface area contributed by atoms with Crippen molar-refractivity contribution in [1.82, 2.24) is 4.98 Å². The summed E-state index contributed by atoms with van der Waals surface area (Å²) in [7, 11) is 0. The Balaban J connectivity index is 1.75. The van der Waals surface area contributed by atoms with Crippen molar-refractivity contribution in [3.8, 4) is 0 Å². The molecule has 4 N–H and O–H groups in total. The lowest BCUT2D eigenvalue weighted by Crippen LogP contribution is -2.19. The Morgan fingerprint density at radius 2 is 1.83 bits per heavy atom. The summed E-state index contributed by atoms with van der Waals surface area (Å²) in [6, 6.07) is 11.1. The minimum atomic E-state index is -0.657. The summed E-state index contributed by atoms with van der Waals surface area (Å²) < 4.78 is 0.897. The van der Waals surface area contributed by atoms with E-state index in [1.54, 1.807) is 42.5 Å². The number of anilines is 2. The van der Waals surface area contributed by atoms with Crippen molar-refractivity contribution >= 4 is 55.9 Å². The zero-order valence-corrected chi connectivity index (χ0v) is 13.2. The van der Waals surface area contributed by atoms with E-state index in [9.17, 15) is 9.59 Å². The number of thiazole rings is 1. The van der Waals surface area contributed by atoms with Gasteiger partial charge in [0, 0.05) is 16.3 Å². The van der Waals surface area contributed by atoms with Crippen molar-refractivity contribution in [1.29, 1.82) is 0 Å². The largest absolute Gasteiger partial charge is 0.351 e. The fourth-order valence-electron chi connectivity index (χ4n) is 1.97. The number of amides is 3. The molecule has 2 aromatic carbocycles. The number of hydrogen-bond acceptors (Lipinski definition) is 4. The molecule has 0 saturated heterocycles. The molecule has 6 nitrogen and oxygen atoms in total. The van der Waals surface area contributed by atoms with Crippen LogP contribution in [-0.2, 0) is 0 Å². The molecular weight excluding hydrogens is 336 g/mol. The molecule has 0 saturated carbocycles. The van der Waals surface area contributed by atoms with Crippen LogP contribution in [0.15, 0.2) is 42.5 Å². The molecular formula is C15H11ClN4O2S. The van der Waals surface area contributed by atoms with Crippen LogP contribution < -0.4 is 16.4 Å². The lowest BCUT2D eigenvalue weighted by Gasteiger charge is -2.04. The van der Waals surface area contributed by atoms with Crippen LogP contribution in [0.2, 0.25) is 5.02 Å². The molecule has 0 aliphatic rings. The van der Waals surface area contributed by atoms with Crippen molar-refractivity contribution in [2.24, 2.45) is 5.73 Å². The van der Waals surface area contributed by atoms with Crippen LogP contribution in [0.25, 0.3) is 10.2 Å². The average molecular weight is 347 g/mol. The first-order valence-electron chi connectivity index (χ1n) is 6.55. The molecule has 0 aliphatic carbocycles. The number of primary amides is 1. The van der Waals surface area contributed by atoms with Crippen LogP contribution >= 0.6 is 22.9 Å². The van der Waals surface area contributed by atoms with Gasteiger partial charge in [0.25, 0.3) is 5.91 Å². The summed E-state index contributed by atoms with van der Waals surface area (Å²) >= 11 is 7.28. The summed E-state index contributed by atoms with van der Waals surface area (Å²) in [6.45, 7) is 0. The first-order chi connectivity index (χ1) is 11.0. The topological polar surface area (TPSA) is 97.1 Å². The van der Waals surface area contributed by atoms with E-state index in [1.807, 2.05) is 0 Å². The second-order valence-electron chi connectivity index (χ2n) is 4.65. The van der Waals surface area contributed by atoms with Crippen LogP contribution in [0.3, 0.4) is 0 Å². The standard InChI is InChI=1S/C15H11ClN4O2S/c16-9-3-6-11-12(7-9)23-15(19-11)20-13(21)8-1-4-10(5-2-8)18-14(17)22/h1-7H,(H3,17,18,22)(H,19,20,21). The third-order valence-electron chi connectivity index (χ3n) is 2.99. The highest BCUT2D eigenvalue weighted by atomic mass is 35.5. The zero-order chi connectivity index (χ0) is 16.4. The number of nitrogens with zero attached hydrogens (tertiary/aromatic N) is 1. The summed E-state index contributed by atoms with van der Waals surface area (Å²) in [5.41, 5.74) is 6.76. The zero-order valence-electron chi connectivity index (χ0n) is 11.7. The number of carbonyl (C=O) groups is 2. The van der Waals surface area contributed by atoms with Crippen molar-refractivity contribution in [3.63, 3.8) is 0 Å². The van der Waals surface area contributed by atoms with E-state index in [2.05, 4.69) is 15.6 Å². The third kappa shape index (κ3) is 3.58. The molecule has 0 radical (unpaired) electrons. The number of nitrogens with two attached hydrogens (primary N) is 1. The average Bonchev–Trinajstić information content (AvgIpc) is 2.88. The monoisotopic (exact) mass is 346 g/mol.